The molecule has 1 saturated heterocycles. The molecule has 1 fully saturated rings. The lowest BCUT2D eigenvalue weighted by Gasteiger charge is -2.18. The Morgan fingerprint density at radius 3 is 2.38 bits per heavy atom. The average Bonchev–Trinajstić information content (AvgIpc) is 2.84. The number of thiocarbonyl (C=S) groups is 2. The first-order chi connectivity index (χ1) is 9.79. The molecule has 21 heavy (non-hydrogen) atoms. The van der Waals surface area contributed by atoms with Crippen molar-refractivity contribution in [1.29, 1.82) is 0 Å². The summed E-state index contributed by atoms with van der Waals surface area (Å²) in [6.45, 7) is 1.15. The van der Waals surface area contributed by atoms with E-state index in [1.165, 1.54) is 4.90 Å². The lowest BCUT2D eigenvalue weighted by Crippen LogP contribution is -2.44. The van der Waals surface area contributed by atoms with Crippen LogP contribution in [0, 0.1) is 0 Å². The Morgan fingerprint density at radius 1 is 1.29 bits per heavy atom. The molecule has 1 aliphatic heterocycles. The molecule has 112 valence electrons. The van der Waals surface area contributed by atoms with Gasteiger partial charge in [0, 0.05) is 18.7 Å². The van der Waals surface area contributed by atoms with Gasteiger partial charge in [-0.05, 0) is 48.7 Å². The van der Waals surface area contributed by atoms with Gasteiger partial charge in [0.1, 0.15) is 0 Å². The van der Waals surface area contributed by atoms with Crippen LogP contribution in [-0.2, 0) is 6.18 Å². The molecule has 9 heteroatoms. The predicted octanol–water partition coefficient (Wildman–Crippen LogP) is 1.91. The highest BCUT2D eigenvalue weighted by Crippen LogP contribution is 2.29. The summed E-state index contributed by atoms with van der Waals surface area (Å²) in [4.78, 5) is 13.4. The smallest absolute Gasteiger partial charge is 0.360 e. The minimum Gasteiger partial charge on any atom is -0.360 e. The molecule has 0 aliphatic carbocycles. The van der Waals surface area contributed by atoms with Crippen LogP contribution in [0.25, 0.3) is 0 Å². The highest BCUT2D eigenvalue weighted by atomic mass is 32.1. The lowest BCUT2D eigenvalue weighted by molar-refractivity contribution is -0.137. The van der Waals surface area contributed by atoms with E-state index in [9.17, 15) is 18.0 Å². The zero-order chi connectivity index (χ0) is 15.6. The Labute approximate surface area is 129 Å². The second-order valence-electron chi connectivity index (χ2n) is 4.22. The van der Waals surface area contributed by atoms with Crippen molar-refractivity contribution < 1.29 is 18.0 Å². The molecule has 1 heterocycles. The summed E-state index contributed by atoms with van der Waals surface area (Å²) in [6.07, 6.45) is -4.43. The molecule has 0 bridgehead atoms. The Morgan fingerprint density at radius 2 is 1.90 bits per heavy atom. The van der Waals surface area contributed by atoms with E-state index in [4.69, 9.17) is 24.4 Å². The highest BCUT2D eigenvalue weighted by molar-refractivity contribution is 7.81. The van der Waals surface area contributed by atoms with Gasteiger partial charge in [0.2, 0.25) is 0 Å². The summed E-state index contributed by atoms with van der Waals surface area (Å²) in [7, 11) is 0. The number of benzene rings is 1. The molecule has 2 rings (SSSR count). The minimum absolute atomic E-state index is 0.0865. The van der Waals surface area contributed by atoms with Crippen molar-refractivity contribution >= 4 is 40.6 Å². The Kier molecular flexibility index (Phi) is 4.43. The normalized spacial score (nSPS) is 14.8. The van der Waals surface area contributed by atoms with Gasteiger partial charge in [0.25, 0.3) is 5.91 Å². The molecule has 2 N–H and O–H groups in total. The van der Waals surface area contributed by atoms with E-state index in [-0.39, 0.29) is 10.7 Å². The summed E-state index contributed by atoms with van der Waals surface area (Å²) >= 11 is 10.0. The van der Waals surface area contributed by atoms with Crippen LogP contribution in [0.3, 0.4) is 0 Å². The second kappa shape index (κ2) is 5.94. The van der Waals surface area contributed by atoms with Gasteiger partial charge in [0.05, 0.1) is 5.56 Å². The van der Waals surface area contributed by atoms with Crippen LogP contribution in [0.2, 0.25) is 0 Å². The van der Waals surface area contributed by atoms with Crippen molar-refractivity contribution in [2.45, 2.75) is 6.18 Å². The third-order valence-corrected chi connectivity index (χ3v) is 3.48. The van der Waals surface area contributed by atoms with Crippen LogP contribution in [-0.4, -0.2) is 34.1 Å². The van der Waals surface area contributed by atoms with E-state index < -0.39 is 17.6 Å². The van der Waals surface area contributed by atoms with Crippen molar-refractivity contribution in [2.24, 2.45) is 0 Å². The Hall–Kier alpha value is -1.74. The maximum absolute atomic E-state index is 12.4. The van der Waals surface area contributed by atoms with Gasteiger partial charge in [0.15, 0.2) is 10.2 Å². The zero-order valence-electron chi connectivity index (χ0n) is 10.5. The van der Waals surface area contributed by atoms with Crippen molar-refractivity contribution in [3.8, 4) is 0 Å². The maximum Gasteiger partial charge on any atom is 0.416 e. The average molecular weight is 333 g/mol. The first-order valence-electron chi connectivity index (χ1n) is 5.87. The third-order valence-electron chi connectivity index (χ3n) is 2.80. The standard InChI is InChI=1S/C12H10F3N3OS2/c13-12(14,15)8-3-1-7(2-4-8)9(19)17-11(21)18-6-5-16-10(18)20/h1-4H,5-6H2,(H,16,20)(H,17,19,21). The van der Waals surface area contributed by atoms with Gasteiger partial charge >= 0.3 is 6.18 Å². The van der Waals surface area contributed by atoms with Crippen LogP contribution >= 0.6 is 24.4 Å². The number of carbonyl (C=O) groups excluding carboxylic acids is 1. The number of carbonyl (C=O) groups is 1. The van der Waals surface area contributed by atoms with Crippen molar-refractivity contribution in [3.63, 3.8) is 0 Å². The molecule has 1 aromatic carbocycles. The quantitative estimate of drug-likeness (QED) is 0.769. The fourth-order valence-electron chi connectivity index (χ4n) is 1.71. The third kappa shape index (κ3) is 3.67. The number of amides is 1. The van der Waals surface area contributed by atoms with E-state index in [1.807, 2.05) is 0 Å². The molecule has 0 radical (unpaired) electrons. The van der Waals surface area contributed by atoms with E-state index >= 15 is 0 Å². The predicted molar refractivity (Wildman–Crippen MR) is 78.8 cm³/mol. The van der Waals surface area contributed by atoms with Crippen LogP contribution in [0.4, 0.5) is 13.2 Å². The molecule has 4 nitrogen and oxygen atoms in total. The molecule has 0 spiro atoms. The summed E-state index contributed by atoms with van der Waals surface area (Å²) in [5, 5.41) is 5.85. The Bertz CT molecular complexity index is 586. The topological polar surface area (TPSA) is 44.4 Å². The van der Waals surface area contributed by atoms with Crippen LogP contribution in [0.1, 0.15) is 15.9 Å². The van der Waals surface area contributed by atoms with E-state index in [1.54, 1.807) is 0 Å². The van der Waals surface area contributed by atoms with Crippen molar-refractivity contribution in [3.05, 3.63) is 35.4 Å². The van der Waals surface area contributed by atoms with Crippen LogP contribution < -0.4 is 10.6 Å². The summed E-state index contributed by atoms with van der Waals surface area (Å²) in [5.41, 5.74) is -0.727. The summed E-state index contributed by atoms with van der Waals surface area (Å²) < 4.78 is 37.3. The van der Waals surface area contributed by atoms with Crippen LogP contribution in [0.15, 0.2) is 24.3 Å². The van der Waals surface area contributed by atoms with Gasteiger partial charge in [-0.1, -0.05) is 0 Å². The largest absolute Gasteiger partial charge is 0.416 e. The number of nitrogens with one attached hydrogen (secondary N) is 2. The Balaban J connectivity index is 2.03. The number of nitrogens with zero attached hydrogens (tertiary/aromatic N) is 1. The molecule has 0 atom stereocenters. The minimum atomic E-state index is -4.43. The molecule has 0 aromatic heterocycles. The van der Waals surface area contributed by atoms with E-state index in [0.717, 1.165) is 24.3 Å². The molecule has 1 amide bonds. The van der Waals surface area contributed by atoms with Crippen LogP contribution in [0.5, 0.6) is 0 Å². The fourth-order valence-corrected chi connectivity index (χ4v) is 2.33. The van der Waals surface area contributed by atoms with Gasteiger partial charge in [-0.15, -0.1) is 0 Å². The van der Waals surface area contributed by atoms with Gasteiger partial charge in [-0.3, -0.25) is 15.0 Å². The number of hydrogen-bond donors (Lipinski definition) is 2. The molecule has 1 aliphatic rings. The zero-order valence-corrected chi connectivity index (χ0v) is 12.2. The SMILES string of the molecule is O=C(NC(=S)N1CCNC1=S)c1ccc(C(F)(F)F)cc1. The first kappa shape index (κ1) is 15.6. The second-order valence-corrected chi connectivity index (χ2v) is 4.99. The van der Waals surface area contributed by atoms with Gasteiger partial charge < -0.3 is 5.32 Å². The van der Waals surface area contributed by atoms with E-state index in [0.29, 0.717) is 18.2 Å². The lowest BCUT2D eigenvalue weighted by atomic mass is 10.1. The number of alkyl halides is 3. The van der Waals surface area contributed by atoms with Gasteiger partial charge in [-0.25, -0.2) is 0 Å². The molecular formula is C12H10F3N3OS2. The van der Waals surface area contributed by atoms with Gasteiger partial charge in [-0.2, -0.15) is 13.2 Å². The maximum atomic E-state index is 12.4. The summed E-state index contributed by atoms with van der Waals surface area (Å²) in [5.74, 6) is -0.580. The first-order valence-corrected chi connectivity index (χ1v) is 6.68. The monoisotopic (exact) mass is 333 g/mol. The number of rotatable bonds is 1. The molecule has 1 aromatic rings. The summed E-state index contributed by atoms with van der Waals surface area (Å²) in [6, 6.07) is 3.89. The number of halogens is 3. The fraction of sp³-hybridized carbons (Fsp3) is 0.250. The number of hydrogen-bond acceptors (Lipinski definition) is 3. The van der Waals surface area contributed by atoms with Crippen molar-refractivity contribution in [2.75, 3.05) is 13.1 Å². The van der Waals surface area contributed by atoms with Crippen molar-refractivity contribution in [1.82, 2.24) is 15.5 Å². The highest BCUT2D eigenvalue weighted by Gasteiger charge is 2.30. The molecule has 0 unspecified atom stereocenters. The molecular weight excluding hydrogens is 323 g/mol. The molecule has 0 saturated carbocycles. The van der Waals surface area contributed by atoms with E-state index in [2.05, 4.69) is 10.6 Å².